The first-order valence-electron chi connectivity index (χ1n) is 4.63. The Bertz CT molecular complexity index is 560. The van der Waals surface area contributed by atoms with Gasteiger partial charge in [0.05, 0.1) is 10.7 Å². The van der Waals surface area contributed by atoms with E-state index >= 15 is 0 Å². The van der Waals surface area contributed by atoms with Crippen LogP contribution in [0.5, 0.6) is 11.5 Å². The summed E-state index contributed by atoms with van der Waals surface area (Å²) in [7, 11) is 0. The predicted octanol–water partition coefficient (Wildman–Crippen LogP) is 2.73. The Kier molecular flexibility index (Phi) is 3.34. The van der Waals surface area contributed by atoms with Crippen LogP contribution in [0.1, 0.15) is 10.4 Å². The average molecular weight is 295 g/mol. The molecule has 2 rings (SSSR count). The van der Waals surface area contributed by atoms with E-state index in [0.717, 1.165) is 0 Å². The molecule has 0 atom stereocenters. The number of carboxylic acids is 1. The molecule has 0 saturated carbocycles. The molecule has 1 N–H and O–H groups in total. The van der Waals surface area contributed by atoms with Crippen molar-refractivity contribution in [2.75, 3.05) is 0 Å². The maximum Gasteiger partial charge on any atom is 0.339 e. The van der Waals surface area contributed by atoms with Gasteiger partial charge in [-0.15, -0.1) is 0 Å². The van der Waals surface area contributed by atoms with E-state index in [0.29, 0.717) is 10.2 Å². The summed E-state index contributed by atoms with van der Waals surface area (Å²) in [5.41, 5.74) is 0.0590. The zero-order valence-corrected chi connectivity index (χ0v) is 10.1. The molecule has 0 aliphatic heterocycles. The second-order valence-electron chi connectivity index (χ2n) is 3.09. The third-order valence-electron chi connectivity index (χ3n) is 1.97. The molecule has 5 nitrogen and oxygen atoms in total. The van der Waals surface area contributed by atoms with Gasteiger partial charge >= 0.3 is 5.97 Å². The number of carbonyl (C=O) groups is 1. The highest BCUT2D eigenvalue weighted by atomic mass is 79.9. The van der Waals surface area contributed by atoms with Gasteiger partial charge in [0.1, 0.15) is 11.3 Å². The number of carboxylic acid groups (broad SMARTS) is 1. The van der Waals surface area contributed by atoms with Crippen molar-refractivity contribution in [2.45, 2.75) is 0 Å². The summed E-state index contributed by atoms with van der Waals surface area (Å²) in [4.78, 5) is 18.7. The molecule has 0 fully saturated rings. The molecule has 0 aromatic carbocycles. The van der Waals surface area contributed by atoms with Crippen LogP contribution in [0.2, 0.25) is 0 Å². The van der Waals surface area contributed by atoms with Crippen LogP contribution in [0.25, 0.3) is 0 Å². The molecule has 0 spiro atoms. The van der Waals surface area contributed by atoms with Crippen LogP contribution in [0, 0.1) is 0 Å². The van der Waals surface area contributed by atoms with Crippen molar-refractivity contribution in [1.29, 1.82) is 0 Å². The van der Waals surface area contributed by atoms with Gasteiger partial charge in [-0.05, 0) is 22.0 Å². The molecule has 0 bridgehead atoms. The van der Waals surface area contributed by atoms with Crippen LogP contribution in [-0.4, -0.2) is 21.0 Å². The maximum absolute atomic E-state index is 11.0. The molecule has 0 saturated heterocycles. The van der Waals surface area contributed by atoms with Crippen molar-refractivity contribution >= 4 is 21.9 Å². The van der Waals surface area contributed by atoms with E-state index in [1.807, 2.05) is 0 Å². The Labute approximate surface area is 105 Å². The molecule has 0 unspecified atom stereocenters. The van der Waals surface area contributed by atoms with Gasteiger partial charge in [0.25, 0.3) is 0 Å². The maximum atomic E-state index is 11.0. The molecule has 0 radical (unpaired) electrons. The molecule has 0 amide bonds. The first kappa shape index (κ1) is 11.5. The Morgan fingerprint density at radius 1 is 1.18 bits per heavy atom. The molecule has 86 valence electrons. The standard InChI is InChI=1S/C11H7BrN2O3/c12-8-5-13-4-2-9(8)17-10-6-14-3-1-7(10)11(15)16/h1-6H,(H,15,16). The van der Waals surface area contributed by atoms with E-state index in [1.165, 1.54) is 18.5 Å². The number of rotatable bonds is 3. The van der Waals surface area contributed by atoms with Crippen molar-refractivity contribution in [3.63, 3.8) is 0 Å². The Morgan fingerprint density at radius 2 is 1.88 bits per heavy atom. The second-order valence-corrected chi connectivity index (χ2v) is 3.94. The lowest BCUT2D eigenvalue weighted by Gasteiger charge is -2.08. The number of pyridine rings is 2. The van der Waals surface area contributed by atoms with Crippen molar-refractivity contribution in [3.05, 3.63) is 47.0 Å². The van der Waals surface area contributed by atoms with Crippen molar-refractivity contribution in [1.82, 2.24) is 9.97 Å². The smallest absolute Gasteiger partial charge is 0.339 e. The average Bonchev–Trinajstić information content (AvgIpc) is 2.32. The van der Waals surface area contributed by atoms with Gasteiger partial charge in [0.15, 0.2) is 5.75 Å². The monoisotopic (exact) mass is 294 g/mol. The van der Waals surface area contributed by atoms with Gasteiger partial charge in [0.2, 0.25) is 0 Å². The van der Waals surface area contributed by atoms with E-state index in [9.17, 15) is 4.79 Å². The Hall–Kier alpha value is -1.95. The van der Waals surface area contributed by atoms with Crippen LogP contribution in [-0.2, 0) is 0 Å². The lowest BCUT2D eigenvalue weighted by atomic mass is 10.2. The normalized spacial score (nSPS) is 9.94. The quantitative estimate of drug-likeness (QED) is 0.942. The van der Waals surface area contributed by atoms with Crippen molar-refractivity contribution in [3.8, 4) is 11.5 Å². The minimum atomic E-state index is -1.06. The number of aromatic nitrogens is 2. The largest absolute Gasteiger partial charge is 0.478 e. The highest BCUT2D eigenvalue weighted by Crippen LogP contribution is 2.29. The van der Waals surface area contributed by atoms with Crippen LogP contribution >= 0.6 is 15.9 Å². The third-order valence-corrected chi connectivity index (χ3v) is 2.57. The molecular formula is C11H7BrN2O3. The van der Waals surface area contributed by atoms with Gasteiger partial charge < -0.3 is 9.84 Å². The highest BCUT2D eigenvalue weighted by Gasteiger charge is 2.12. The predicted molar refractivity (Wildman–Crippen MR) is 63.2 cm³/mol. The highest BCUT2D eigenvalue weighted by molar-refractivity contribution is 9.10. The number of aromatic carboxylic acids is 1. The summed E-state index contributed by atoms with van der Waals surface area (Å²) in [6, 6.07) is 3.01. The van der Waals surface area contributed by atoms with Gasteiger partial charge in [-0.3, -0.25) is 9.97 Å². The molecule has 2 aromatic heterocycles. The lowest BCUT2D eigenvalue weighted by molar-refractivity contribution is 0.0694. The van der Waals surface area contributed by atoms with E-state index in [4.69, 9.17) is 9.84 Å². The lowest BCUT2D eigenvalue weighted by Crippen LogP contribution is -2.00. The molecule has 6 heteroatoms. The minimum absolute atomic E-state index is 0.0590. The van der Waals surface area contributed by atoms with E-state index in [-0.39, 0.29) is 11.3 Å². The summed E-state index contributed by atoms with van der Waals surface area (Å²) >= 11 is 3.26. The third kappa shape index (κ3) is 2.59. The fourth-order valence-corrected chi connectivity index (χ4v) is 1.53. The summed E-state index contributed by atoms with van der Waals surface area (Å²) in [6.07, 6.45) is 5.87. The van der Waals surface area contributed by atoms with Crippen LogP contribution in [0.15, 0.2) is 41.4 Å². The first-order valence-corrected chi connectivity index (χ1v) is 5.42. The SMILES string of the molecule is O=C(O)c1ccncc1Oc1ccncc1Br. The molecule has 17 heavy (non-hydrogen) atoms. The van der Waals surface area contributed by atoms with Crippen LogP contribution < -0.4 is 4.74 Å². The topological polar surface area (TPSA) is 72.3 Å². The Morgan fingerprint density at radius 3 is 2.59 bits per heavy atom. The van der Waals surface area contributed by atoms with Gasteiger partial charge in [0, 0.05) is 24.7 Å². The zero-order valence-electron chi connectivity index (χ0n) is 8.50. The van der Waals surface area contributed by atoms with E-state index in [1.54, 1.807) is 18.5 Å². The second kappa shape index (κ2) is 4.92. The minimum Gasteiger partial charge on any atom is -0.478 e. The van der Waals surface area contributed by atoms with Gasteiger partial charge in [-0.1, -0.05) is 0 Å². The number of hydrogen-bond donors (Lipinski definition) is 1. The summed E-state index contributed by atoms with van der Waals surface area (Å²) in [5.74, 6) is -0.394. The number of hydrogen-bond acceptors (Lipinski definition) is 4. The molecular weight excluding hydrogens is 288 g/mol. The van der Waals surface area contributed by atoms with Crippen molar-refractivity contribution < 1.29 is 14.6 Å². The molecule has 0 aliphatic rings. The van der Waals surface area contributed by atoms with Crippen LogP contribution in [0.3, 0.4) is 0 Å². The molecule has 0 aliphatic carbocycles. The number of nitrogens with zero attached hydrogens (tertiary/aromatic N) is 2. The fraction of sp³-hybridized carbons (Fsp3) is 0. The summed E-state index contributed by atoms with van der Waals surface area (Å²) in [5, 5.41) is 8.98. The number of halogens is 1. The molecule has 2 heterocycles. The Balaban J connectivity index is 2.37. The molecule has 2 aromatic rings. The van der Waals surface area contributed by atoms with Gasteiger partial charge in [-0.2, -0.15) is 0 Å². The summed E-state index contributed by atoms with van der Waals surface area (Å²) in [6.45, 7) is 0. The zero-order chi connectivity index (χ0) is 12.3. The van der Waals surface area contributed by atoms with Crippen molar-refractivity contribution in [2.24, 2.45) is 0 Å². The first-order chi connectivity index (χ1) is 8.18. The fourth-order valence-electron chi connectivity index (χ4n) is 1.20. The number of ether oxygens (including phenoxy) is 1. The van der Waals surface area contributed by atoms with E-state index in [2.05, 4.69) is 25.9 Å². The van der Waals surface area contributed by atoms with Crippen LogP contribution in [0.4, 0.5) is 0 Å². The van der Waals surface area contributed by atoms with E-state index < -0.39 is 5.97 Å². The summed E-state index contributed by atoms with van der Waals surface area (Å²) < 4.78 is 6.11. The van der Waals surface area contributed by atoms with Gasteiger partial charge in [-0.25, -0.2) is 4.79 Å².